The minimum Gasteiger partial charge on any atom is -0.496 e. The van der Waals surface area contributed by atoms with Gasteiger partial charge in [-0.1, -0.05) is 37.7 Å². The second-order valence-electron chi connectivity index (χ2n) is 9.47. The number of methoxy groups -OCH3 is 1. The number of imide groups is 1. The number of carbonyl (C=O) groups excluding carboxylic acids is 4. The van der Waals surface area contributed by atoms with Gasteiger partial charge in [0.25, 0.3) is 0 Å². The summed E-state index contributed by atoms with van der Waals surface area (Å²) in [6.45, 7) is 3.13. The van der Waals surface area contributed by atoms with E-state index in [1.54, 1.807) is 24.3 Å². The Morgan fingerprint density at radius 3 is 2.38 bits per heavy atom. The van der Waals surface area contributed by atoms with Gasteiger partial charge >= 0.3 is 5.97 Å². The minimum absolute atomic E-state index is 0.0524. The van der Waals surface area contributed by atoms with E-state index in [0.717, 1.165) is 16.7 Å². The molecule has 1 unspecified atom stereocenters. The molecule has 212 valence electrons. The molecule has 3 aromatic rings. The topological polar surface area (TPSA) is 176 Å². The van der Waals surface area contributed by atoms with Gasteiger partial charge in [-0.3, -0.25) is 14.4 Å². The highest BCUT2D eigenvalue weighted by atomic mass is 32.2. The number of anilines is 2. The number of nitriles is 2. The molecule has 2 heterocycles. The van der Waals surface area contributed by atoms with Gasteiger partial charge in [-0.2, -0.15) is 10.5 Å². The maximum Gasteiger partial charge on any atom is 0.338 e. The molecule has 2 aromatic carbocycles. The number of pyridine rings is 1. The van der Waals surface area contributed by atoms with Gasteiger partial charge in [0.15, 0.2) is 6.61 Å². The summed E-state index contributed by atoms with van der Waals surface area (Å²) in [7, 11) is 1.43. The molecule has 1 aliphatic rings. The molecule has 0 spiro atoms. The molecule has 42 heavy (non-hydrogen) atoms. The molecule has 2 N–H and O–H groups in total. The summed E-state index contributed by atoms with van der Waals surface area (Å²) in [5, 5.41) is 18.6. The molecule has 1 saturated heterocycles. The van der Waals surface area contributed by atoms with Crippen molar-refractivity contribution in [3.05, 3.63) is 76.3 Å². The zero-order valence-electron chi connectivity index (χ0n) is 22.9. The van der Waals surface area contributed by atoms with Crippen molar-refractivity contribution >= 4 is 46.8 Å². The highest BCUT2D eigenvalue weighted by molar-refractivity contribution is 8.00. The Morgan fingerprint density at radius 2 is 1.76 bits per heavy atom. The zero-order chi connectivity index (χ0) is 30.6. The van der Waals surface area contributed by atoms with Crippen molar-refractivity contribution in [2.45, 2.75) is 36.5 Å². The molecule has 1 fully saturated rings. The summed E-state index contributed by atoms with van der Waals surface area (Å²) >= 11 is 0.946. The quantitative estimate of drug-likeness (QED) is 0.219. The fourth-order valence-electron chi connectivity index (χ4n) is 4.50. The number of para-hydroxylation sites is 1. The van der Waals surface area contributed by atoms with Crippen molar-refractivity contribution in [1.29, 1.82) is 10.5 Å². The predicted molar refractivity (Wildman–Crippen MR) is 153 cm³/mol. The summed E-state index contributed by atoms with van der Waals surface area (Å²) in [6.07, 6.45) is -0.151. The van der Waals surface area contributed by atoms with E-state index < -0.39 is 35.4 Å². The normalized spacial score (nSPS) is 14.4. The third kappa shape index (κ3) is 5.80. The van der Waals surface area contributed by atoms with Gasteiger partial charge in [-0.05, 0) is 47.9 Å². The number of nitrogens with two attached hydrogens (primary N) is 1. The third-order valence-electron chi connectivity index (χ3n) is 6.49. The monoisotopic (exact) mass is 583 g/mol. The number of esters is 1. The second kappa shape index (κ2) is 12.5. The minimum atomic E-state index is -0.880. The third-order valence-corrected chi connectivity index (χ3v) is 7.67. The Hall–Kier alpha value is -5.20. The molecular formula is C30H25N5O6S. The van der Waals surface area contributed by atoms with Crippen LogP contribution >= 0.6 is 11.8 Å². The number of benzene rings is 2. The number of nitrogen functional groups attached to an aromatic ring is 1. The molecule has 0 radical (unpaired) electrons. The van der Waals surface area contributed by atoms with E-state index in [2.05, 4.69) is 11.1 Å². The molecular weight excluding hydrogens is 558 g/mol. The van der Waals surface area contributed by atoms with Crippen molar-refractivity contribution in [2.24, 2.45) is 0 Å². The number of rotatable bonds is 9. The first-order valence-electron chi connectivity index (χ1n) is 12.7. The van der Waals surface area contributed by atoms with Gasteiger partial charge in [0, 0.05) is 6.42 Å². The molecule has 0 bridgehead atoms. The van der Waals surface area contributed by atoms with Gasteiger partial charge in [0.2, 0.25) is 17.6 Å². The second-order valence-corrected chi connectivity index (χ2v) is 10.7. The fourth-order valence-corrected chi connectivity index (χ4v) is 5.63. The first-order valence-corrected chi connectivity index (χ1v) is 13.6. The summed E-state index contributed by atoms with van der Waals surface area (Å²) in [5.41, 5.74) is 7.33. The molecule has 0 aliphatic carbocycles. The van der Waals surface area contributed by atoms with Crippen LogP contribution < -0.4 is 15.4 Å². The first kappa shape index (κ1) is 29.8. The van der Waals surface area contributed by atoms with Crippen LogP contribution in [0.25, 0.3) is 0 Å². The Kier molecular flexibility index (Phi) is 8.89. The van der Waals surface area contributed by atoms with Crippen molar-refractivity contribution < 1.29 is 28.7 Å². The van der Waals surface area contributed by atoms with Crippen LogP contribution in [-0.4, -0.2) is 47.5 Å². The number of nitrogens with zero attached hydrogens (tertiary/aromatic N) is 4. The highest BCUT2D eigenvalue weighted by Crippen LogP contribution is 2.38. The Morgan fingerprint density at radius 1 is 1.10 bits per heavy atom. The number of carbonyl (C=O) groups is 4. The first-order chi connectivity index (χ1) is 20.1. The van der Waals surface area contributed by atoms with E-state index in [4.69, 9.17) is 15.2 Å². The van der Waals surface area contributed by atoms with Crippen LogP contribution in [0.2, 0.25) is 0 Å². The lowest BCUT2D eigenvalue weighted by Gasteiger charge is -2.17. The van der Waals surface area contributed by atoms with Crippen LogP contribution in [0.15, 0.2) is 53.6 Å². The fraction of sp³-hybridized carbons (Fsp3) is 0.233. The van der Waals surface area contributed by atoms with Crippen LogP contribution in [-0.2, 0) is 14.3 Å². The van der Waals surface area contributed by atoms with Gasteiger partial charge in [0.1, 0.15) is 28.7 Å². The lowest BCUT2D eigenvalue weighted by Crippen LogP contribution is -2.31. The van der Waals surface area contributed by atoms with Crippen LogP contribution in [0.1, 0.15) is 63.6 Å². The van der Waals surface area contributed by atoms with Crippen LogP contribution in [0, 0.1) is 22.7 Å². The number of hydrogen-bond donors (Lipinski definition) is 1. The highest BCUT2D eigenvalue weighted by Gasteiger charge is 2.41. The molecule has 4 rings (SSSR count). The smallest absolute Gasteiger partial charge is 0.338 e. The maximum absolute atomic E-state index is 13.3. The Bertz CT molecular complexity index is 1670. The van der Waals surface area contributed by atoms with Crippen LogP contribution in [0.3, 0.4) is 0 Å². The summed E-state index contributed by atoms with van der Waals surface area (Å²) in [5.74, 6) is -2.09. The van der Waals surface area contributed by atoms with E-state index in [1.807, 2.05) is 19.9 Å². The summed E-state index contributed by atoms with van der Waals surface area (Å²) < 4.78 is 10.3. The maximum atomic E-state index is 13.3. The van der Waals surface area contributed by atoms with Gasteiger partial charge in [0.05, 0.1) is 40.3 Å². The Labute approximate surface area is 245 Å². The number of thioether (sulfide) groups is 1. The lowest BCUT2D eigenvalue weighted by molar-refractivity contribution is -0.121. The number of ketones is 1. The average molecular weight is 584 g/mol. The van der Waals surface area contributed by atoms with E-state index in [1.165, 1.54) is 31.4 Å². The number of hydrogen-bond acceptors (Lipinski definition) is 11. The number of aromatic nitrogens is 1. The van der Waals surface area contributed by atoms with E-state index in [0.29, 0.717) is 11.3 Å². The average Bonchev–Trinajstić information content (AvgIpc) is 3.27. The molecule has 1 aliphatic heterocycles. The molecule has 11 nitrogen and oxygen atoms in total. The van der Waals surface area contributed by atoms with Crippen molar-refractivity contribution in [3.8, 4) is 17.9 Å². The molecule has 12 heteroatoms. The molecule has 1 atom stereocenters. The molecule has 0 saturated carbocycles. The van der Waals surface area contributed by atoms with Gasteiger partial charge < -0.3 is 15.2 Å². The van der Waals surface area contributed by atoms with Crippen molar-refractivity contribution in [3.63, 3.8) is 0 Å². The largest absolute Gasteiger partial charge is 0.496 e. The van der Waals surface area contributed by atoms with E-state index in [9.17, 15) is 29.7 Å². The van der Waals surface area contributed by atoms with E-state index in [-0.39, 0.29) is 51.1 Å². The summed E-state index contributed by atoms with van der Waals surface area (Å²) in [4.78, 5) is 56.4. The predicted octanol–water partition coefficient (Wildman–Crippen LogP) is 4.00. The van der Waals surface area contributed by atoms with E-state index >= 15 is 0 Å². The van der Waals surface area contributed by atoms with Crippen molar-refractivity contribution in [1.82, 2.24) is 4.98 Å². The molecule has 1 aromatic heterocycles. The van der Waals surface area contributed by atoms with Crippen LogP contribution in [0.5, 0.6) is 5.75 Å². The van der Waals surface area contributed by atoms with Gasteiger partial charge in [-0.15, -0.1) is 0 Å². The summed E-state index contributed by atoms with van der Waals surface area (Å²) in [6, 6.07) is 16.3. The number of ether oxygens (including phenoxy) is 2. The Balaban J connectivity index is 1.47. The standard InChI is InChI=1S/C30H25N5O6S/c1-16(2)26-20(13-31)27(33)34-28(21(26)14-32)42-24-12-25(37)35(29(24)38)18-10-8-17(9-11-18)30(39)41-15-22(36)19-6-4-5-7-23(19)40-3/h4-11,16,24H,12,15H2,1-3H3,(H2,33,34). The lowest BCUT2D eigenvalue weighted by atomic mass is 9.94. The van der Waals surface area contributed by atoms with Gasteiger partial charge in [-0.25, -0.2) is 14.7 Å². The van der Waals surface area contributed by atoms with Crippen LogP contribution in [0.4, 0.5) is 11.5 Å². The molecule has 2 amide bonds. The van der Waals surface area contributed by atoms with Crippen molar-refractivity contribution in [2.75, 3.05) is 24.4 Å². The number of amides is 2. The number of Topliss-reactive ketones (excluding diaryl/α,β-unsaturated/α-hetero) is 1. The zero-order valence-corrected chi connectivity index (χ0v) is 23.7. The SMILES string of the molecule is COc1ccccc1C(=O)COC(=O)c1ccc(N2C(=O)CC(Sc3nc(N)c(C#N)c(C(C)C)c3C#N)C2=O)cc1.